The van der Waals surface area contributed by atoms with Gasteiger partial charge in [-0.15, -0.1) is 5.10 Å². The number of aromatic amines is 1. The van der Waals surface area contributed by atoms with Gasteiger partial charge in [0.25, 0.3) is 0 Å². The van der Waals surface area contributed by atoms with E-state index in [1.165, 1.54) is 12.3 Å². The van der Waals surface area contributed by atoms with Crippen molar-refractivity contribution in [3.05, 3.63) is 47.7 Å². The summed E-state index contributed by atoms with van der Waals surface area (Å²) in [5.74, 6) is -3.96. The number of amides is 1. The van der Waals surface area contributed by atoms with Gasteiger partial charge in [-0.25, -0.2) is 13.8 Å². The van der Waals surface area contributed by atoms with Crippen LogP contribution in [0.4, 0.5) is 27.9 Å². The smallest absolute Gasteiger partial charge is 0.441 e. The molecule has 0 radical (unpaired) electrons. The van der Waals surface area contributed by atoms with Crippen LogP contribution in [0, 0.1) is 11.6 Å². The molecule has 0 saturated heterocycles. The summed E-state index contributed by atoms with van der Waals surface area (Å²) in [6.45, 7) is 0. The van der Waals surface area contributed by atoms with Crippen molar-refractivity contribution in [2.75, 3.05) is 5.32 Å². The first-order valence-corrected chi connectivity index (χ1v) is 7.42. The fraction of sp³-hybridized carbons (Fsp3) is 0.200. The Morgan fingerprint density at radius 3 is 2.70 bits per heavy atom. The zero-order valence-corrected chi connectivity index (χ0v) is 13.3. The average Bonchev–Trinajstić information content (AvgIpc) is 3.22. The van der Waals surface area contributed by atoms with Crippen molar-refractivity contribution in [3.63, 3.8) is 0 Å². The van der Waals surface area contributed by atoms with Gasteiger partial charge in [-0.3, -0.25) is 15.2 Å². The molecule has 1 amide bonds. The van der Waals surface area contributed by atoms with Gasteiger partial charge in [0.05, 0.1) is 11.8 Å². The third-order valence-electron chi connectivity index (χ3n) is 3.32. The lowest BCUT2D eigenvalue weighted by Gasteiger charge is -2.00. The predicted octanol–water partition coefficient (Wildman–Crippen LogP) is 3.33. The van der Waals surface area contributed by atoms with Crippen LogP contribution in [0.15, 0.2) is 28.8 Å². The van der Waals surface area contributed by atoms with Gasteiger partial charge in [0.15, 0.2) is 11.7 Å². The highest BCUT2D eigenvalue weighted by atomic mass is 19.4. The highest BCUT2D eigenvalue weighted by Gasteiger charge is 2.35. The number of anilines is 1. The van der Waals surface area contributed by atoms with E-state index in [1.54, 1.807) is 5.10 Å². The second-order valence-corrected chi connectivity index (χ2v) is 5.30. The lowest BCUT2D eigenvalue weighted by Crippen LogP contribution is -2.14. The van der Waals surface area contributed by atoms with Crippen LogP contribution in [0.1, 0.15) is 18.1 Å². The molecule has 3 aromatic rings. The van der Waals surface area contributed by atoms with Crippen molar-refractivity contribution in [1.29, 1.82) is 0 Å². The molecule has 0 aliphatic carbocycles. The van der Waals surface area contributed by atoms with E-state index in [4.69, 9.17) is 4.42 Å². The second kappa shape index (κ2) is 7.13. The molecule has 2 N–H and O–H groups in total. The van der Waals surface area contributed by atoms with Crippen molar-refractivity contribution in [1.82, 2.24) is 20.2 Å². The SMILES string of the molecule is O=C(CCc1ncc(-c2ccc(F)cc2F)o1)Nc1n[nH]c(C(F)(F)F)n1. The highest BCUT2D eigenvalue weighted by Crippen LogP contribution is 2.26. The van der Waals surface area contributed by atoms with Gasteiger partial charge in [-0.05, 0) is 12.1 Å². The first-order valence-electron chi connectivity index (χ1n) is 7.42. The molecule has 0 saturated carbocycles. The minimum absolute atomic E-state index is 0.00000404. The van der Waals surface area contributed by atoms with Crippen LogP contribution in [0.5, 0.6) is 0 Å². The normalized spacial score (nSPS) is 11.6. The third-order valence-corrected chi connectivity index (χ3v) is 3.32. The molecule has 27 heavy (non-hydrogen) atoms. The lowest BCUT2D eigenvalue weighted by molar-refractivity contribution is -0.144. The van der Waals surface area contributed by atoms with Gasteiger partial charge in [-0.2, -0.15) is 18.2 Å². The number of hydrogen-bond donors (Lipinski definition) is 2. The number of H-pyrrole nitrogens is 1. The van der Waals surface area contributed by atoms with Crippen LogP contribution in [-0.4, -0.2) is 26.1 Å². The average molecular weight is 387 g/mol. The van der Waals surface area contributed by atoms with E-state index in [9.17, 15) is 26.7 Å². The number of alkyl halides is 3. The van der Waals surface area contributed by atoms with Gasteiger partial charge >= 0.3 is 6.18 Å². The van der Waals surface area contributed by atoms with Crippen LogP contribution in [0.3, 0.4) is 0 Å². The number of aryl methyl sites for hydroxylation is 1. The zero-order valence-electron chi connectivity index (χ0n) is 13.3. The fourth-order valence-corrected chi connectivity index (χ4v) is 2.09. The molecule has 0 aliphatic heterocycles. The van der Waals surface area contributed by atoms with E-state index in [-0.39, 0.29) is 30.1 Å². The van der Waals surface area contributed by atoms with E-state index in [0.29, 0.717) is 6.07 Å². The Labute approximate surface area is 147 Å². The number of halogens is 5. The molecule has 0 bridgehead atoms. The molecule has 0 atom stereocenters. The summed E-state index contributed by atoms with van der Waals surface area (Å²) >= 11 is 0. The number of benzene rings is 1. The summed E-state index contributed by atoms with van der Waals surface area (Å²) in [5, 5.41) is 7.00. The van der Waals surface area contributed by atoms with Crippen LogP contribution < -0.4 is 5.32 Å². The van der Waals surface area contributed by atoms with Crippen molar-refractivity contribution >= 4 is 11.9 Å². The quantitative estimate of drug-likeness (QED) is 0.655. The molecule has 1 aromatic carbocycles. The number of rotatable bonds is 5. The van der Waals surface area contributed by atoms with Gasteiger partial charge in [0.1, 0.15) is 11.6 Å². The van der Waals surface area contributed by atoms with Crippen molar-refractivity contribution < 1.29 is 31.2 Å². The van der Waals surface area contributed by atoms with E-state index in [0.717, 1.165) is 6.07 Å². The molecule has 3 rings (SSSR count). The second-order valence-electron chi connectivity index (χ2n) is 5.30. The van der Waals surface area contributed by atoms with E-state index in [1.807, 2.05) is 0 Å². The predicted molar refractivity (Wildman–Crippen MR) is 80.2 cm³/mol. The van der Waals surface area contributed by atoms with E-state index < -0.39 is 35.5 Å². The molecule has 12 heteroatoms. The van der Waals surface area contributed by atoms with Gasteiger partial charge in [0, 0.05) is 18.9 Å². The maximum atomic E-state index is 13.7. The molecule has 2 aromatic heterocycles. The molecular formula is C15H10F5N5O2. The van der Waals surface area contributed by atoms with Crippen molar-refractivity contribution in [2.45, 2.75) is 19.0 Å². The molecular weight excluding hydrogens is 377 g/mol. The Morgan fingerprint density at radius 1 is 1.26 bits per heavy atom. The Balaban J connectivity index is 1.58. The molecule has 0 aliphatic rings. The van der Waals surface area contributed by atoms with Gasteiger partial charge in [0.2, 0.25) is 17.7 Å². The molecule has 2 heterocycles. The highest BCUT2D eigenvalue weighted by molar-refractivity contribution is 5.88. The monoisotopic (exact) mass is 387 g/mol. The first kappa shape index (κ1) is 18.5. The summed E-state index contributed by atoms with van der Waals surface area (Å²) in [5.41, 5.74) is 0.00000404. The summed E-state index contributed by atoms with van der Waals surface area (Å²) in [6.07, 6.45) is -3.69. The molecule has 142 valence electrons. The molecule has 0 spiro atoms. The Bertz CT molecular complexity index is 966. The summed E-state index contributed by atoms with van der Waals surface area (Å²) in [4.78, 5) is 18.7. The Kier molecular flexibility index (Phi) is 4.88. The minimum Gasteiger partial charge on any atom is -0.441 e. The number of oxazole rings is 1. The first-order chi connectivity index (χ1) is 12.7. The van der Waals surface area contributed by atoms with Crippen molar-refractivity contribution in [3.8, 4) is 11.3 Å². The van der Waals surface area contributed by atoms with Crippen LogP contribution in [-0.2, 0) is 17.4 Å². The fourth-order valence-electron chi connectivity index (χ4n) is 2.09. The lowest BCUT2D eigenvalue weighted by atomic mass is 10.2. The molecule has 0 unspecified atom stereocenters. The standard InChI is InChI=1S/C15H10F5N5O2/c16-7-1-2-8(9(17)5-7)10-6-21-12(27-10)4-3-11(26)22-14-23-13(24-25-14)15(18,19)20/h1-2,5-6H,3-4H2,(H2,22,23,24,25,26). The van der Waals surface area contributed by atoms with Crippen LogP contribution in [0.25, 0.3) is 11.3 Å². The van der Waals surface area contributed by atoms with Crippen molar-refractivity contribution in [2.24, 2.45) is 0 Å². The van der Waals surface area contributed by atoms with Gasteiger partial charge in [-0.1, -0.05) is 0 Å². The third kappa shape index (κ3) is 4.46. The number of aromatic nitrogens is 4. The number of hydrogen-bond acceptors (Lipinski definition) is 5. The van der Waals surface area contributed by atoms with Gasteiger partial charge < -0.3 is 4.42 Å². The molecule has 0 fully saturated rings. The summed E-state index contributed by atoms with van der Waals surface area (Å²) in [6, 6.07) is 2.93. The molecule has 7 nitrogen and oxygen atoms in total. The summed E-state index contributed by atoms with van der Waals surface area (Å²) in [7, 11) is 0. The number of carbonyl (C=O) groups is 1. The maximum absolute atomic E-state index is 13.7. The summed E-state index contributed by atoms with van der Waals surface area (Å²) < 4.78 is 69.1. The van der Waals surface area contributed by atoms with Crippen LogP contribution >= 0.6 is 0 Å². The van der Waals surface area contributed by atoms with E-state index >= 15 is 0 Å². The van der Waals surface area contributed by atoms with Crippen LogP contribution in [0.2, 0.25) is 0 Å². The largest absolute Gasteiger partial charge is 0.451 e. The van der Waals surface area contributed by atoms with E-state index in [2.05, 4.69) is 20.4 Å². The number of nitrogens with one attached hydrogen (secondary N) is 2. The Hall–Kier alpha value is -3.31. The maximum Gasteiger partial charge on any atom is 0.451 e. The zero-order chi connectivity index (χ0) is 19.6. The number of carbonyl (C=O) groups excluding carboxylic acids is 1. The Morgan fingerprint density at radius 2 is 2.04 bits per heavy atom. The topological polar surface area (TPSA) is 96.7 Å². The number of nitrogens with zero attached hydrogens (tertiary/aromatic N) is 3. The minimum atomic E-state index is -4.71.